The van der Waals surface area contributed by atoms with E-state index >= 15 is 0 Å². The Kier molecular flexibility index (Phi) is 5.90. The molecule has 0 aromatic rings. The third-order valence-electron chi connectivity index (χ3n) is 4.24. The van der Waals surface area contributed by atoms with Crippen LogP contribution in [-0.2, 0) is 0 Å². The molecule has 1 aliphatic rings. The fraction of sp³-hybridized carbons (Fsp3) is 1.00. The number of nitrogens with zero attached hydrogens (tertiary/aromatic N) is 2. The molecule has 1 rings (SSSR count). The molecule has 0 spiro atoms. The summed E-state index contributed by atoms with van der Waals surface area (Å²) in [4.78, 5) is 4.98. The van der Waals surface area contributed by atoms with Gasteiger partial charge >= 0.3 is 0 Å². The van der Waals surface area contributed by atoms with Gasteiger partial charge in [-0.15, -0.1) is 0 Å². The van der Waals surface area contributed by atoms with Crippen LogP contribution in [0.4, 0.5) is 0 Å². The Morgan fingerprint density at radius 2 is 1.88 bits per heavy atom. The van der Waals surface area contributed by atoms with Crippen molar-refractivity contribution in [3.05, 3.63) is 0 Å². The van der Waals surface area contributed by atoms with E-state index in [0.29, 0.717) is 5.41 Å². The van der Waals surface area contributed by atoms with Gasteiger partial charge in [-0.3, -0.25) is 0 Å². The van der Waals surface area contributed by atoms with Crippen LogP contribution in [0.3, 0.4) is 0 Å². The summed E-state index contributed by atoms with van der Waals surface area (Å²) >= 11 is 0. The molecule has 1 aliphatic heterocycles. The molecular formula is C14H31N3. The predicted molar refractivity (Wildman–Crippen MR) is 75.2 cm³/mol. The summed E-state index contributed by atoms with van der Waals surface area (Å²) < 4.78 is 0. The minimum atomic E-state index is 0.319. The van der Waals surface area contributed by atoms with Crippen LogP contribution < -0.4 is 5.73 Å². The maximum atomic E-state index is 5.95. The lowest BCUT2D eigenvalue weighted by Gasteiger charge is -2.40. The van der Waals surface area contributed by atoms with Crippen LogP contribution in [0.15, 0.2) is 0 Å². The molecule has 0 aromatic heterocycles. The largest absolute Gasteiger partial charge is 0.330 e. The van der Waals surface area contributed by atoms with Gasteiger partial charge in [-0.05, 0) is 58.4 Å². The molecule has 1 heterocycles. The van der Waals surface area contributed by atoms with Crippen LogP contribution in [0.25, 0.3) is 0 Å². The van der Waals surface area contributed by atoms with Gasteiger partial charge < -0.3 is 15.5 Å². The van der Waals surface area contributed by atoms with Gasteiger partial charge in [0.15, 0.2) is 0 Å². The van der Waals surface area contributed by atoms with E-state index in [9.17, 15) is 0 Å². The van der Waals surface area contributed by atoms with Crippen molar-refractivity contribution in [1.82, 2.24) is 9.80 Å². The third-order valence-corrected chi connectivity index (χ3v) is 4.24. The smallest absolute Gasteiger partial charge is 0.0113 e. The monoisotopic (exact) mass is 241 g/mol. The maximum Gasteiger partial charge on any atom is 0.0113 e. The number of rotatable bonds is 6. The maximum absolute atomic E-state index is 5.95. The van der Waals surface area contributed by atoms with Gasteiger partial charge in [0.25, 0.3) is 0 Å². The average Bonchev–Trinajstić information content (AvgIpc) is 2.30. The normalized spacial score (nSPS) is 22.9. The molecule has 17 heavy (non-hydrogen) atoms. The average molecular weight is 241 g/mol. The van der Waals surface area contributed by atoms with E-state index in [-0.39, 0.29) is 0 Å². The summed E-state index contributed by atoms with van der Waals surface area (Å²) in [7, 11) is 4.39. The van der Waals surface area contributed by atoms with Crippen LogP contribution in [-0.4, -0.2) is 56.1 Å². The van der Waals surface area contributed by atoms with Crippen LogP contribution in [0.2, 0.25) is 0 Å². The highest BCUT2D eigenvalue weighted by molar-refractivity contribution is 4.83. The van der Waals surface area contributed by atoms with Crippen molar-refractivity contribution >= 4 is 0 Å². The van der Waals surface area contributed by atoms with E-state index in [1.807, 2.05) is 0 Å². The molecule has 0 aliphatic carbocycles. The van der Waals surface area contributed by atoms with Crippen LogP contribution >= 0.6 is 0 Å². The molecule has 1 unspecified atom stereocenters. The Hall–Kier alpha value is -0.120. The van der Waals surface area contributed by atoms with Gasteiger partial charge in [-0.2, -0.15) is 0 Å². The number of nitrogens with two attached hydrogens (primary N) is 1. The Labute approximate surface area is 107 Å². The lowest BCUT2D eigenvalue weighted by Crippen LogP contribution is -2.47. The first-order chi connectivity index (χ1) is 8.00. The number of likely N-dealkylation sites (tertiary alicyclic amines) is 1. The van der Waals surface area contributed by atoms with Crippen molar-refractivity contribution < 1.29 is 0 Å². The zero-order chi connectivity index (χ0) is 12.9. The number of hydrogen-bond donors (Lipinski definition) is 1. The molecule has 102 valence electrons. The molecule has 1 fully saturated rings. The molecule has 1 saturated heterocycles. The van der Waals surface area contributed by atoms with E-state index in [4.69, 9.17) is 5.73 Å². The van der Waals surface area contributed by atoms with Gasteiger partial charge in [0.1, 0.15) is 0 Å². The van der Waals surface area contributed by atoms with Crippen LogP contribution in [0.1, 0.15) is 39.5 Å². The zero-order valence-electron chi connectivity index (χ0n) is 12.2. The van der Waals surface area contributed by atoms with E-state index in [2.05, 4.69) is 37.7 Å². The Balaban J connectivity index is 2.38. The van der Waals surface area contributed by atoms with Crippen LogP contribution in [0, 0.1) is 5.41 Å². The molecule has 0 saturated carbocycles. The van der Waals surface area contributed by atoms with E-state index < -0.39 is 0 Å². The molecule has 3 nitrogen and oxygen atoms in total. The number of piperidine rings is 1. The van der Waals surface area contributed by atoms with Crippen molar-refractivity contribution in [2.75, 3.05) is 40.3 Å². The molecule has 0 radical (unpaired) electrons. The van der Waals surface area contributed by atoms with Crippen LogP contribution in [0.5, 0.6) is 0 Å². The zero-order valence-corrected chi connectivity index (χ0v) is 12.2. The lowest BCUT2D eigenvalue weighted by molar-refractivity contribution is 0.0995. The predicted octanol–water partition coefficient (Wildman–Crippen LogP) is 1.78. The van der Waals surface area contributed by atoms with Gasteiger partial charge in [0.05, 0.1) is 0 Å². The molecule has 0 bridgehead atoms. The molecule has 2 N–H and O–H groups in total. The first-order valence-corrected chi connectivity index (χ1v) is 7.09. The minimum absolute atomic E-state index is 0.319. The van der Waals surface area contributed by atoms with Crippen molar-refractivity contribution in [2.45, 2.75) is 45.6 Å². The van der Waals surface area contributed by atoms with Gasteiger partial charge in [-0.25, -0.2) is 0 Å². The summed E-state index contributed by atoms with van der Waals surface area (Å²) in [6.07, 6.45) is 5.10. The molecular weight excluding hydrogens is 210 g/mol. The summed E-state index contributed by atoms with van der Waals surface area (Å²) in [5, 5.41) is 0. The first-order valence-electron chi connectivity index (χ1n) is 7.09. The summed E-state index contributed by atoms with van der Waals surface area (Å²) in [5.74, 6) is 0. The van der Waals surface area contributed by atoms with Crippen molar-refractivity contribution in [3.8, 4) is 0 Å². The Morgan fingerprint density at radius 1 is 1.29 bits per heavy atom. The minimum Gasteiger partial charge on any atom is -0.330 e. The van der Waals surface area contributed by atoms with E-state index in [0.717, 1.165) is 12.6 Å². The third kappa shape index (κ3) is 4.57. The standard InChI is InChI=1S/C14H31N3/c1-5-8-14(2,11-15)12-17-9-6-13(7-10-17)16(3)4/h13H,5-12,15H2,1-4H3. The second kappa shape index (κ2) is 6.72. The first kappa shape index (κ1) is 14.9. The highest BCUT2D eigenvalue weighted by Gasteiger charge is 2.28. The molecule has 1 atom stereocenters. The highest BCUT2D eigenvalue weighted by Crippen LogP contribution is 2.25. The van der Waals surface area contributed by atoms with Gasteiger partial charge in [0.2, 0.25) is 0 Å². The topological polar surface area (TPSA) is 32.5 Å². The fourth-order valence-corrected chi connectivity index (χ4v) is 2.98. The van der Waals surface area contributed by atoms with Gasteiger partial charge in [-0.1, -0.05) is 20.3 Å². The quantitative estimate of drug-likeness (QED) is 0.769. The Bertz CT molecular complexity index is 210. The molecule has 0 aromatic carbocycles. The summed E-state index contributed by atoms with van der Waals surface area (Å²) in [6, 6.07) is 0.779. The lowest BCUT2D eigenvalue weighted by atomic mass is 9.84. The van der Waals surface area contributed by atoms with E-state index in [1.165, 1.54) is 45.3 Å². The Morgan fingerprint density at radius 3 is 2.29 bits per heavy atom. The summed E-state index contributed by atoms with van der Waals surface area (Å²) in [5.41, 5.74) is 6.27. The second-order valence-electron chi connectivity index (χ2n) is 6.24. The van der Waals surface area contributed by atoms with Crippen molar-refractivity contribution in [2.24, 2.45) is 11.1 Å². The summed E-state index contributed by atoms with van der Waals surface area (Å²) in [6.45, 7) is 9.07. The molecule has 0 amide bonds. The van der Waals surface area contributed by atoms with Gasteiger partial charge in [0, 0.05) is 12.6 Å². The number of hydrogen-bond acceptors (Lipinski definition) is 3. The van der Waals surface area contributed by atoms with E-state index in [1.54, 1.807) is 0 Å². The fourth-order valence-electron chi connectivity index (χ4n) is 2.98. The SMILES string of the molecule is CCCC(C)(CN)CN1CCC(N(C)C)CC1. The van der Waals surface area contributed by atoms with Crippen molar-refractivity contribution in [3.63, 3.8) is 0 Å². The second-order valence-corrected chi connectivity index (χ2v) is 6.24. The molecule has 3 heteroatoms. The van der Waals surface area contributed by atoms with Crippen molar-refractivity contribution in [1.29, 1.82) is 0 Å². The highest BCUT2D eigenvalue weighted by atomic mass is 15.2.